The third kappa shape index (κ3) is 1.99. The van der Waals surface area contributed by atoms with Crippen molar-refractivity contribution in [1.82, 2.24) is 10.6 Å². The van der Waals surface area contributed by atoms with Crippen LogP contribution in [0.4, 0.5) is 0 Å². The first kappa shape index (κ1) is 9.58. The minimum absolute atomic E-state index is 0.540. The predicted octanol–water partition coefficient (Wildman–Crippen LogP) is 1.17. The summed E-state index contributed by atoms with van der Waals surface area (Å²) in [6.07, 6.45) is 5.73. The van der Waals surface area contributed by atoms with Crippen molar-refractivity contribution >= 4 is 5.71 Å². The van der Waals surface area contributed by atoms with Crippen LogP contribution in [0.15, 0.2) is 35.2 Å². The summed E-state index contributed by atoms with van der Waals surface area (Å²) in [4.78, 5) is 0. The summed E-state index contributed by atoms with van der Waals surface area (Å²) in [5.41, 5.74) is 3.48. The van der Waals surface area contributed by atoms with Crippen molar-refractivity contribution in [3.05, 3.63) is 35.2 Å². The van der Waals surface area contributed by atoms with E-state index in [9.17, 15) is 0 Å². The molecule has 0 radical (unpaired) electrons. The lowest BCUT2D eigenvalue weighted by atomic mass is 10.0. The lowest BCUT2D eigenvalue weighted by Gasteiger charge is -2.12. The smallest absolute Gasteiger partial charge is 0.0650 e. The second-order valence-electron chi connectivity index (χ2n) is 2.89. The fourth-order valence-electron chi connectivity index (χ4n) is 1.16. The van der Waals surface area contributed by atoms with Crippen LogP contribution in [0.25, 0.3) is 0 Å². The van der Waals surface area contributed by atoms with Gasteiger partial charge in [-0.15, -0.1) is 0 Å². The third-order valence-electron chi connectivity index (χ3n) is 2.09. The minimum Gasteiger partial charge on any atom is -0.391 e. The van der Waals surface area contributed by atoms with Gasteiger partial charge in [-0.25, -0.2) is 0 Å². The molecule has 1 rings (SSSR count). The largest absolute Gasteiger partial charge is 0.391 e. The van der Waals surface area contributed by atoms with E-state index in [1.165, 1.54) is 0 Å². The van der Waals surface area contributed by atoms with Crippen LogP contribution in [0.5, 0.6) is 0 Å². The van der Waals surface area contributed by atoms with Gasteiger partial charge in [0, 0.05) is 31.1 Å². The molecule has 0 saturated heterocycles. The van der Waals surface area contributed by atoms with Crippen molar-refractivity contribution in [3.63, 3.8) is 0 Å². The van der Waals surface area contributed by atoms with Crippen LogP contribution in [-0.4, -0.2) is 19.8 Å². The minimum atomic E-state index is 0.540. The van der Waals surface area contributed by atoms with E-state index in [0.717, 1.165) is 17.0 Å². The van der Waals surface area contributed by atoms with Crippen LogP contribution in [0.3, 0.4) is 0 Å². The van der Waals surface area contributed by atoms with Gasteiger partial charge in [0.05, 0.1) is 5.71 Å². The SMILES string of the molecule is CNC1=CC(=N)/C(=C(/C)NC)C=C1. The van der Waals surface area contributed by atoms with Gasteiger partial charge in [-0.1, -0.05) is 0 Å². The first-order chi connectivity index (χ1) is 6.19. The molecule has 0 unspecified atom stereocenters. The highest BCUT2D eigenvalue weighted by Crippen LogP contribution is 2.13. The molecule has 0 heterocycles. The van der Waals surface area contributed by atoms with Gasteiger partial charge in [0.2, 0.25) is 0 Å². The maximum atomic E-state index is 7.75. The van der Waals surface area contributed by atoms with E-state index in [2.05, 4.69) is 10.6 Å². The molecule has 3 N–H and O–H groups in total. The standard InChI is InChI=1S/C10H15N3/c1-7(12-2)9-5-4-8(13-3)6-10(9)11/h4-6,11-13H,1-3H3/b9-7-,11-10?. The van der Waals surface area contributed by atoms with Crippen LogP contribution in [0.2, 0.25) is 0 Å². The summed E-state index contributed by atoms with van der Waals surface area (Å²) in [7, 11) is 3.71. The molecule has 0 fully saturated rings. The lowest BCUT2D eigenvalue weighted by Crippen LogP contribution is -2.15. The van der Waals surface area contributed by atoms with E-state index in [-0.39, 0.29) is 0 Å². The fraction of sp³-hybridized carbons (Fsp3) is 0.300. The van der Waals surface area contributed by atoms with E-state index in [0.29, 0.717) is 5.71 Å². The summed E-state index contributed by atoms with van der Waals surface area (Å²) < 4.78 is 0. The second-order valence-corrected chi connectivity index (χ2v) is 2.89. The highest BCUT2D eigenvalue weighted by molar-refractivity contribution is 6.10. The Balaban J connectivity index is 2.96. The van der Waals surface area contributed by atoms with Crippen molar-refractivity contribution in [1.29, 1.82) is 5.41 Å². The Kier molecular flexibility index (Phi) is 2.90. The van der Waals surface area contributed by atoms with Crippen LogP contribution < -0.4 is 10.6 Å². The highest BCUT2D eigenvalue weighted by atomic mass is 14.8. The molecule has 0 spiro atoms. The molecule has 0 aliphatic heterocycles. The van der Waals surface area contributed by atoms with Gasteiger partial charge in [0.1, 0.15) is 0 Å². The van der Waals surface area contributed by atoms with Gasteiger partial charge in [0.15, 0.2) is 0 Å². The molecule has 13 heavy (non-hydrogen) atoms. The maximum Gasteiger partial charge on any atom is 0.0650 e. The van der Waals surface area contributed by atoms with Gasteiger partial charge >= 0.3 is 0 Å². The topological polar surface area (TPSA) is 47.9 Å². The van der Waals surface area contributed by atoms with E-state index in [1.807, 2.05) is 39.2 Å². The highest BCUT2D eigenvalue weighted by Gasteiger charge is 2.08. The number of rotatable bonds is 2. The number of hydrogen-bond donors (Lipinski definition) is 3. The predicted molar refractivity (Wildman–Crippen MR) is 55.8 cm³/mol. The molecule has 70 valence electrons. The molecule has 3 heteroatoms. The van der Waals surface area contributed by atoms with Gasteiger partial charge < -0.3 is 16.0 Å². The first-order valence-electron chi connectivity index (χ1n) is 4.24. The fourth-order valence-corrected chi connectivity index (χ4v) is 1.16. The Morgan fingerprint density at radius 2 is 2.00 bits per heavy atom. The first-order valence-corrected chi connectivity index (χ1v) is 4.24. The Bertz CT molecular complexity index is 308. The van der Waals surface area contributed by atoms with Crippen LogP contribution in [0, 0.1) is 5.41 Å². The average molecular weight is 177 g/mol. The quantitative estimate of drug-likeness (QED) is 0.593. The van der Waals surface area contributed by atoms with E-state index >= 15 is 0 Å². The Morgan fingerprint density at radius 3 is 2.46 bits per heavy atom. The monoisotopic (exact) mass is 177 g/mol. The zero-order chi connectivity index (χ0) is 9.84. The molecule has 0 aromatic carbocycles. The van der Waals surface area contributed by atoms with Crippen molar-refractivity contribution in [2.24, 2.45) is 0 Å². The van der Waals surface area contributed by atoms with Gasteiger partial charge in [-0.2, -0.15) is 0 Å². The molecule has 0 amide bonds. The summed E-state index contributed by atoms with van der Waals surface area (Å²) >= 11 is 0. The number of likely N-dealkylation sites (N-methyl/N-ethyl adjacent to an activating group) is 1. The van der Waals surface area contributed by atoms with Crippen molar-refractivity contribution < 1.29 is 0 Å². The molecule has 0 aromatic heterocycles. The Labute approximate surface area is 78.7 Å². The molecule has 0 atom stereocenters. The number of nitrogens with one attached hydrogen (secondary N) is 3. The third-order valence-corrected chi connectivity index (χ3v) is 2.09. The van der Waals surface area contributed by atoms with Crippen molar-refractivity contribution in [2.75, 3.05) is 14.1 Å². The summed E-state index contributed by atoms with van der Waals surface area (Å²) in [5, 5.41) is 13.8. The molecule has 3 nitrogen and oxygen atoms in total. The van der Waals surface area contributed by atoms with E-state index < -0.39 is 0 Å². The zero-order valence-electron chi connectivity index (χ0n) is 8.23. The summed E-state index contributed by atoms with van der Waals surface area (Å²) in [6, 6.07) is 0. The average Bonchev–Trinajstić information content (AvgIpc) is 2.16. The maximum absolute atomic E-state index is 7.75. The van der Waals surface area contributed by atoms with Gasteiger partial charge in [0.25, 0.3) is 0 Å². The van der Waals surface area contributed by atoms with Crippen LogP contribution in [0.1, 0.15) is 6.92 Å². The Hall–Kier alpha value is -1.51. The molecule has 1 aliphatic rings. The van der Waals surface area contributed by atoms with Crippen molar-refractivity contribution in [2.45, 2.75) is 6.92 Å². The van der Waals surface area contributed by atoms with E-state index in [4.69, 9.17) is 5.41 Å². The summed E-state index contributed by atoms with van der Waals surface area (Å²) in [6.45, 7) is 1.96. The van der Waals surface area contributed by atoms with Gasteiger partial charge in [-0.05, 0) is 25.2 Å². The lowest BCUT2D eigenvalue weighted by molar-refractivity contribution is 0.977. The molecule has 1 aliphatic carbocycles. The van der Waals surface area contributed by atoms with Crippen LogP contribution >= 0.6 is 0 Å². The molecule has 0 bridgehead atoms. The number of hydrogen-bond acceptors (Lipinski definition) is 3. The second kappa shape index (κ2) is 3.94. The van der Waals surface area contributed by atoms with Gasteiger partial charge in [-0.3, -0.25) is 0 Å². The van der Waals surface area contributed by atoms with Crippen molar-refractivity contribution in [3.8, 4) is 0 Å². The molecule has 0 saturated carbocycles. The molecular formula is C10H15N3. The van der Waals surface area contributed by atoms with E-state index in [1.54, 1.807) is 0 Å². The Morgan fingerprint density at radius 1 is 1.31 bits per heavy atom. The van der Waals surface area contributed by atoms with Crippen LogP contribution in [-0.2, 0) is 0 Å². The molecular weight excluding hydrogens is 162 g/mol. The molecule has 0 aromatic rings. The summed E-state index contributed by atoms with van der Waals surface area (Å²) in [5.74, 6) is 0. The normalized spacial score (nSPS) is 19.6. The number of allylic oxidation sites excluding steroid dienone is 5. The zero-order valence-corrected chi connectivity index (χ0v) is 8.23.